The number of carbonyl (C=O) groups excluding carboxylic acids is 1. The molecule has 1 aromatic heterocycles. The van der Waals surface area contributed by atoms with Crippen molar-refractivity contribution >= 4 is 6.41 Å². The predicted molar refractivity (Wildman–Crippen MR) is 76.2 cm³/mol. The zero-order chi connectivity index (χ0) is 15.2. The Bertz CT molecular complexity index is 515. The third-order valence-corrected chi connectivity index (χ3v) is 3.41. The number of nitrogens with zero attached hydrogens (tertiary/aromatic N) is 1. The van der Waals surface area contributed by atoms with Gasteiger partial charge in [-0.3, -0.25) is 9.59 Å². The highest BCUT2D eigenvalue weighted by Crippen LogP contribution is 2.31. The average Bonchev–Trinajstić information content (AvgIpc) is 2.43. The van der Waals surface area contributed by atoms with Gasteiger partial charge in [0.1, 0.15) is 0 Å². The molecule has 0 radical (unpaired) electrons. The van der Waals surface area contributed by atoms with Gasteiger partial charge in [-0.05, 0) is 31.9 Å². The minimum Gasteiger partial charge on any atom is -0.503 e. The molecule has 0 aliphatic carbocycles. The first-order valence-electron chi connectivity index (χ1n) is 6.51. The zero-order valence-electron chi connectivity index (χ0n) is 11.6. The monoisotopic (exact) mass is 282 g/mol. The quantitative estimate of drug-likeness (QED) is 0.364. The van der Waals surface area contributed by atoms with Crippen LogP contribution >= 0.6 is 0 Å². The van der Waals surface area contributed by atoms with Crippen LogP contribution in [0.3, 0.4) is 0 Å². The van der Waals surface area contributed by atoms with E-state index in [1.807, 2.05) is 0 Å². The van der Waals surface area contributed by atoms with Crippen LogP contribution in [0.2, 0.25) is 0 Å². The molecule has 20 heavy (non-hydrogen) atoms. The molecule has 0 fully saturated rings. The van der Waals surface area contributed by atoms with E-state index in [1.54, 1.807) is 19.3 Å². The van der Waals surface area contributed by atoms with Crippen LogP contribution in [0.5, 0.6) is 5.75 Å². The molecule has 0 saturated heterocycles. The van der Waals surface area contributed by atoms with E-state index < -0.39 is 11.1 Å². The van der Waals surface area contributed by atoms with E-state index in [0.29, 0.717) is 44.3 Å². The van der Waals surface area contributed by atoms with Gasteiger partial charge in [0, 0.05) is 30.9 Å². The van der Waals surface area contributed by atoms with Crippen LogP contribution < -0.4 is 22.3 Å². The van der Waals surface area contributed by atoms with E-state index in [4.69, 9.17) is 11.5 Å². The van der Waals surface area contributed by atoms with Crippen LogP contribution in [0.4, 0.5) is 0 Å². The van der Waals surface area contributed by atoms with Crippen molar-refractivity contribution in [3.8, 4) is 5.75 Å². The van der Waals surface area contributed by atoms with Gasteiger partial charge < -0.3 is 26.5 Å². The highest BCUT2D eigenvalue weighted by molar-refractivity contribution is 5.46. The van der Waals surface area contributed by atoms with E-state index in [0.717, 1.165) is 0 Å². The SMILES string of the molecule is Cn1ccc(C(N)(CCCN)CCNC=O)c(O)c1=O. The van der Waals surface area contributed by atoms with Gasteiger partial charge in [0.05, 0.1) is 0 Å². The highest BCUT2D eigenvalue weighted by Gasteiger charge is 2.30. The van der Waals surface area contributed by atoms with E-state index >= 15 is 0 Å². The van der Waals surface area contributed by atoms with Crippen molar-refractivity contribution in [3.05, 3.63) is 28.2 Å². The fraction of sp³-hybridized carbons (Fsp3) is 0.538. The zero-order valence-corrected chi connectivity index (χ0v) is 11.6. The Kier molecular flexibility index (Phi) is 5.72. The van der Waals surface area contributed by atoms with Gasteiger partial charge >= 0.3 is 0 Å². The van der Waals surface area contributed by atoms with Gasteiger partial charge in [0.25, 0.3) is 5.56 Å². The maximum Gasteiger partial charge on any atom is 0.292 e. The standard InChI is InChI=1S/C13H22N4O3/c1-17-8-3-10(11(19)12(17)20)13(15,4-2-6-14)5-7-16-9-18/h3,8-9,19H,2,4-7,14-15H2,1H3,(H,16,18). The molecule has 0 spiro atoms. The van der Waals surface area contributed by atoms with Crippen molar-refractivity contribution in [2.24, 2.45) is 18.5 Å². The molecule has 1 unspecified atom stereocenters. The largest absolute Gasteiger partial charge is 0.503 e. The average molecular weight is 282 g/mol. The Morgan fingerprint density at radius 2 is 2.20 bits per heavy atom. The van der Waals surface area contributed by atoms with Crippen molar-refractivity contribution in [2.45, 2.75) is 24.8 Å². The first-order chi connectivity index (χ1) is 9.46. The first-order valence-corrected chi connectivity index (χ1v) is 6.51. The summed E-state index contributed by atoms with van der Waals surface area (Å²) in [6.07, 6.45) is 3.74. The summed E-state index contributed by atoms with van der Waals surface area (Å²) in [5, 5.41) is 12.6. The van der Waals surface area contributed by atoms with E-state index in [1.165, 1.54) is 4.57 Å². The molecule has 1 atom stereocenters. The normalized spacial score (nSPS) is 13.8. The summed E-state index contributed by atoms with van der Waals surface area (Å²) < 4.78 is 1.28. The molecule has 0 saturated carbocycles. The molecule has 1 rings (SSSR count). The maximum atomic E-state index is 11.8. The maximum absolute atomic E-state index is 11.8. The van der Waals surface area contributed by atoms with Crippen LogP contribution in [0.1, 0.15) is 24.8 Å². The summed E-state index contributed by atoms with van der Waals surface area (Å²) in [6, 6.07) is 1.63. The molecule has 0 aromatic carbocycles. The van der Waals surface area contributed by atoms with Crippen molar-refractivity contribution in [1.29, 1.82) is 0 Å². The molecule has 1 aromatic rings. The minimum atomic E-state index is -0.896. The molecule has 0 aliphatic heterocycles. The first kappa shape index (κ1) is 16.2. The fourth-order valence-corrected chi connectivity index (χ4v) is 2.18. The topological polar surface area (TPSA) is 123 Å². The van der Waals surface area contributed by atoms with Crippen LogP contribution in [0.25, 0.3) is 0 Å². The number of rotatable bonds is 8. The summed E-state index contributed by atoms with van der Waals surface area (Å²) in [5.74, 6) is -0.347. The minimum absolute atomic E-state index is 0.347. The summed E-state index contributed by atoms with van der Waals surface area (Å²) in [7, 11) is 1.55. The van der Waals surface area contributed by atoms with Gasteiger partial charge in [0.2, 0.25) is 6.41 Å². The second-order valence-electron chi connectivity index (χ2n) is 4.86. The van der Waals surface area contributed by atoms with Gasteiger partial charge in [-0.1, -0.05) is 0 Å². The van der Waals surface area contributed by atoms with E-state index in [-0.39, 0.29) is 5.75 Å². The molecule has 7 nitrogen and oxygen atoms in total. The lowest BCUT2D eigenvalue weighted by atomic mass is 9.83. The Hall–Kier alpha value is -1.86. The van der Waals surface area contributed by atoms with Gasteiger partial charge in [-0.2, -0.15) is 0 Å². The lowest BCUT2D eigenvalue weighted by Gasteiger charge is -2.30. The number of aryl methyl sites for hydroxylation is 1. The molecular formula is C13H22N4O3. The number of nitrogens with one attached hydrogen (secondary N) is 1. The van der Waals surface area contributed by atoms with Crippen LogP contribution in [0, 0.1) is 0 Å². The number of aromatic hydroxyl groups is 1. The highest BCUT2D eigenvalue weighted by atomic mass is 16.3. The number of amides is 1. The van der Waals surface area contributed by atoms with Crippen molar-refractivity contribution in [3.63, 3.8) is 0 Å². The Morgan fingerprint density at radius 1 is 1.50 bits per heavy atom. The molecular weight excluding hydrogens is 260 g/mol. The number of pyridine rings is 1. The van der Waals surface area contributed by atoms with Crippen molar-refractivity contribution in [2.75, 3.05) is 13.1 Å². The number of hydrogen-bond donors (Lipinski definition) is 4. The van der Waals surface area contributed by atoms with E-state index in [9.17, 15) is 14.7 Å². The molecule has 1 amide bonds. The Morgan fingerprint density at radius 3 is 2.80 bits per heavy atom. The van der Waals surface area contributed by atoms with Crippen LogP contribution in [-0.2, 0) is 17.4 Å². The molecule has 6 N–H and O–H groups in total. The molecule has 112 valence electrons. The van der Waals surface area contributed by atoms with Crippen LogP contribution in [-0.4, -0.2) is 29.2 Å². The predicted octanol–water partition coefficient (Wildman–Crippen LogP) is -0.880. The summed E-state index contributed by atoms with van der Waals surface area (Å²) in [6.45, 7) is 0.824. The van der Waals surface area contributed by atoms with Crippen molar-refractivity contribution in [1.82, 2.24) is 9.88 Å². The van der Waals surface area contributed by atoms with E-state index in [2.05, 4.69) is 5.32 Å². The second-order valence-corrected chi connectivity index (χ2v) is 4.86. The number of aromatic nitrogens is 1. The second kappa shape index (κ2) is 7.06. The molecule has 1 heterocycles. The fourth-order valence-electron chi connectivity index (χ4n) is 2.18. The smallest absolute Gasteiger partial charge is 0.292 e. The van der Waals surface area contributed by atoms with Gasteiger partial charge in [0.15, 0.2) is 5.75 Å². The van der Waals surface area contributed by atoms with Crippen molar-refractivity contribution < 1.29 is 9.90 Å². The Labute approximate surface area is 117 Å². The summed E-state index contributed by atoms with van der Waals surface area (Å²) in [4.78, 5) is 22.1. The third-order valence-electron chi connectivity index (χ3n) is 3.41. The lowest BCUT2D eigenvalue weighted by molar-refractivity contribution is -0.109. The Balaban J connectivity index is 3.12. The van der Waals surface area contributed by atoms with Gasteiger partial charge in [-0.25, -0.2) is 0 Å². The lowest BCUT2D eigenvalue weighted by Crippen LogP contribution is -2.41. The van der Waals surface area contributed by atoms with Crippen LogP contribution in [0.15, 0.2) is 17.1 Å². The molecule has 0 aliphatic rings. The molecule has 7 heteroatoms. The summed E-state index contributed by atoms with van der Waals surface area (Å²) >= 11 is 0. The number of nitrogens with two attached hydrogens (primary N) is 2. The third kappa shape index (κ3) is 3.58. The molecule has 0 bridgehead atoms. The van der Waals surface area contributed by atoms with Gasteiger partial charge in [-0.15, -0.1) is 0 Å². The number of carbonyl (C=O) groups is 1. The number of hydrogen-bond acceptors (Lipinski definition) is 5. The summed E-state index contributed by atoms with van der Waals surface area (Å²) in [5.41, 5.74) is 10.9.